The minimum Gasteiger partial charge on any atom is -0.444 e. The molecule has 1 aliphatic heterocycles. The molecule has 1 heterocycles. The van der Waals surface area contributed by atoms with Gasteiger partial charge in [0.1, 0.15) is 5.60 Å². The number of hydrogen-bond acceptors (Lipinski definition) is 4. The molecule has 1 atom stereocenters. The van der Waals surface area contributed by atoms with Crippen molar-refractivity contribution in [3.8, 4) is 0 Å². The van der Waals surface area contributed by atoms with Gasteiger partial charge in [0.25, 0.3) is 0 Å². The predicted octanol–water partition coefficient (Wildman–Crippen LogP) is 1.28. The first-order chi connectivity index (χ1) is 8.33. The Morgan fingerprint density at radius 2 is 2.17 bits per heavy atom. The Labute approximate surface area is 110 Å². The lowest BCUT2D eigenvalue weighted by molar-refractivity contribution is 0.0137. The third-order valence-electron chi connectivity index (χ3n) is 3.16. The molecule has 0 bridgehead atoms. The third kappa shape index (κ3) is 4.82. The fourth-order valence-corrected chi connectivity index (χ4v) is 2.22. The first-order valence-corrected chi connectivity index (χ1v) is 6.71. The Morgan fingerprint density at radius 1 is 1.50 bits per heavy atom. The first-order valence-electron chi connectivity index (χ1n) is 6.71. The number of likely N-dealkylation sites (N-methyl/N-ethyl adjacent to an activating group) is 1. The molecule has 0 aliphatic carbocycles. The Balaban J connectivity index is 2.50. The van der Waals surface area contributed by atoms with Crippen LogP contribution >= 0.6 is 0 Å². The molecular formula is C13H27N3O2. The van der Waals surface area contributed by atoms with Gasteiger partial charge < -0.3 is 20.3 Å². The van der Waals surface area contributed by atoms with Crippen LogP contribution in [-0.4, -0.2) is 60.8 Å². The van der Waals surface area contributed by atoms with E-state index in [0.29, 0.717) is 6.54 Å². The molecule has 0 aromatic rings. The van der Waals surface area contributed by atoms with Crippen LogP contribution in [-0.2, 0) is 4.74 Å². The maximum absolute atomic E-state index is 12.0. The van der Waals surface area contributed by atoms with Crippen molar-refractivity contribution in [2.45, 2.75) is 45.3 Å². The number of nitrogens with zero attached hydrogens (tertiary/aromatic N) is 2. The minimum absolute atomic E-state index is 0.234. The van der Waals surface area contributed by atoms with Crippen LogP contribution in [0.5, 0.6) is 0 Å². The Kier molecular flexibility index (Phi) is 5.41. The van der Waals surface area contributed by atoms with E-state index in [2.05, 4.69) is 4.90 Å². The molecule has 0 spiro atoms. The lowest BCUT2D eigenvalue weighted by atomic mass is 10.0. The average Bonchev–Trinajstić information content (AvgIpc) is 2.26. The summed E-state index contributed by atoms with van der Waals surface area (Å²) in [6.45, 7) is 9.21. The van der Waals surface area contributed by atoms with Gasteiger partial charge in [-0.15, -0.1) is 0 Å². The second-order valence-corrected chi connectivity index (χ2v) is 5.98. The van der Waals surface area contributed by atoms with Crippen LogP contribution < -0.4 is 5.73 Å². The zero-order valence-electron chi connectivity index (χ0n) is 12.1. The van der Waals surface area contributed by atoms with E-state index in [1.54, 1.807) is 4.90 Å². The van der Waals surface area contributed by atoms with E-state index in [-0.39, 0.29) is 12.1 Å². The monoisotopic (exact) mass is 257 g/mol. The van der Waals surface area contributed by atoms with Gasteiger partial charge in [0.2, 0.25) is 0 Å². The Morgan fingerprint density at radius 3 is 2.72 bits per heavy atom. The van der Waals surface area contributed by atoms with Crippen LogP contribution in [0, 0.1) is 0 Å². The van der Waals surface area contributed by atoms with Crippen LogP contribution in [0.25, 0.3) is 0 Å². The molecule has 0 aromatic carbocycles. The molecule has 1 saturated heterocycles. The van der Waals surface area contributed by atoms with E-state index in [0.717, 1.165) is 32.5 Å². The summed E-state index contributed by atoms with van der Waals surface area (Å²) >= 11 is 0. The van der Waals surface area contributed by atoms with Crippen LogP contribution in [0.15, 0.2) is 0 Å². The van der Waals surface area contributed by atoms with Crippen molar-refractivity contribution in [3.63, 3.8) is 0 Å². The van der Waals surface area contributed by atoms with Gasteiger partial charge in [0, 0.05) is 32.7 Å². The van der Waals surface area contributed by atoms with Gasteiger partial charge in [-0.2, -0.15) is 0 Å². The molecule has 1 amide bonds. The highest BCUT2D eigenvalue weighted by molar-refractivity contribution is 5.68. The summed E-state index contributed by atoms with van der Waals surface area (Å²) in [4.78, 5) is 16.0. The normalized spacial score (nSPS) is 21.7. The summed E-state index contributed by atoms with van der Waals surface area (Å²) in [6, 6.07) is 0.236. The largest absolute Gasteiger partial charge is 0.444 e. The highest BCUT2D eigenvalue weighted by Gasteiger charge is 2.28. The summed E-state index contributed by atoms with van der Waals surface area (Å²) in [6.07, 6.45) is 1.91. The molecule has 106 valence electrons. The fourth-order valence-electron chi connectivity index (χ4n) is 2.22. The first kappa shape index (κ1) is 15.2. The van der Waals surface area contributed by atoms with Gasteiger partial charge >= 0.3 is 6.09 Å². The standard InChI is InChI=1S/C13H27N3O2/c1-13(2,3)18-12(17)15(4)11-6-5-8-16(10-11)9-7-14/h11H,5-10,14H2,1-4H3/t11-/m1/s1. The van der Waals surface area contributed by atoms with Gasteiger partial charge in [-0.05, 0) is 40.2 Å². The number of carbonyl (C=O) groups is 1. The summed E-state index contributed by atoms with van der Waals surface area (Å²) in [5, 5.41) is 0. The summed E-state index contributed by atoms with van der Waals surface area (Å²) in [5.41, 5.74) is 5.14. The number of carbonyl (C=O) groups excluding carboxylic acids is 1. The van der Waals surface area contributed by atoms with Gasteiger partial charge in [0.15, 0.2) is 0 Å². The van der Waals surface area contributed by atoms with Gasteiger partial charge in [-0.25, -0.2) is 4.79 Å². The highest BCUT2D eigenvalue weighted by Crippen LogP contribution is 2.17. The number of hydrogen-bond donors (Lipinski definition) is 1. The zero-order valence-corrected chi connectivity index (χ0v) is 12.1. The lowest BCUT2D eigenvalue weighted by Crippen LogP contribution is -2.50. The van der Waals surface area contributed by atoms with E-state index >= 15 is 0 Å². The molecule has 1 fully saturated rings. The predicted molar refractivity (Wildman–Crippen MR) is 72.5 cm³/mol. The summed E-state index contributed by atoms with van der Waals surface area (Å²) in [7, 11) is 1.82. The number of piperidine rings is 1. The maximum atomic E-state index is 12.0. The fraction of sp³-hybridized carbons (Fsp3) is 0.923. The van der Waals surface area contributed by atoms with E-state index < -0.39 is 5.60 Å². The van der Waals surface area contributed by atoms with Crippen LogP contribution in [0.2, 0.25) is 0 Å². The van der Waals surface area contributed by atoms with Crippen molar-refractivity contribution in [1.29, 1.82) is 0 Å². The van der Waals surface area contributed by atoms with Crippen LogP contribution in [0.1, 0.15) is 33.6 Å². The SMILES string of the molecule is CN(C(=O)OC(C)(C)C)[C@@H]1CCCN(CCN)C1. The van der Waals surface area contributed by atoms with Crippen LogP contribution in [0.3, 0.4) is 0 Å². The van der Waals surface area contributed by atoms with Crippen LogP contribution in [0.4, 0.5) is 4.79 Å². The molecule has 0 aromatic heterocycles. The van der Waals surface area contributed by atoms with Crippen molar-refractivity contribution in [2.75, 3.05) is 33.2 Å². The Hall–Kier alpha value is -0.810. The van der Waals surface area contributed by atoms with Gasteiger partial charge in [0.05, 0.1) is 0 Å². The second kappa shape index (κ2) is 6.38. The molecular weight excluding hydrogens is 230 g/mol. The third-order valence-corrected chi connectivity index (χ3v) is 3.16. The Bertz CT molecular complexity index is 274. The molecule has 2 N–H and O–H groups in total. The van der Waals surface area contributed by atoms with Crippen molar-refractivity contribution in [1.82, 2.24) is 9.80 Å². The van der Waals surface area contributed by atoms with Crippen molar-refractivity contribution in [2.24, 2.45) is 5.73 Å². The van der Waals surface area contributed by atoms with Crippen molar-refractivity contribution in [3.05, 3.63) is 0 Å². The number of amides is 1. The van der Waals surface area contributed by atoms with Crippen molar-refractivity contribution < 1.29 is 9.53 Å². The average molecular weight is 257 g/mol. The van der Waals surface area contributed by atoms with E-state index in [1.807, 2.05) is 27.8 Å². The number of nitrogens with two attached hydrogens (primary N) is 1. The lowest BCUT2D eigenvalue weighted by Gasteiger charge is -2.37. The van der Waals surface area contributed by atoms with E-state index in [9.17, 15) is 4.79 Å². The molecule has 0 unspecified atom stereocenters. The topological polar surface area (TPSA) is 58.8 Å². The highest BCUT2D eigenvalue weighted by atomic mass is 16.6. The number of rotatable bonds is 3. The molecule has 1 aliphatic rings. The maximum Gasteiger partial charge on any atom is 0.410 e. The second-order valence-electron chi connectivity index (χ2n) is 5.98. The molecule has 5 nitrogen and oxygen atoms in total. The van der Waals surface area contributed by atoms with E-state index in [4.69, 9.17) is 10.5 Å². The molecule has 5 heteroatoms. The van der Waals surface area contributed by atoms with Crippen molar-refractivity contribution >= 4 is 6.09 Å². The van der Waals surface area contributed by atoms with Gasteiger partial charge in [-0.3, -0.25) is 0 Å². The number of ether oxygens (including phenoxy) is 1. The summed E-state index contributed by atoms with van der Waals surface area (Å²) in [5.74, 6) is 0. The summed E-state index contributed by atoms with van der Waals surface area (Å²) < 4.78 is 5.39. The van der Waals surface area contributed by atoms with Gasteiger partial charge in [-0.1, -0.05) is 0 Å². The zero-order chi connectivity index (χ0) is 13.8. The molecule has 0 radical (unpaired) electrons. The quantitative estimate of drug-likeness (QED) is 0.827. The smallest absolute Gasteiger partial charge is 0.410 e. The minimum atomic E-state index is -0.434. The number of likely N-dealkylation sites (tertiary alicyclic amines) is 1. The van der Waals surface area contributed by atoms with E-state index in [1.165, 1.54) is 0 Å². The molecule has 18 heavy (non-hydrogen) atoms. The molecule has 1 rings (SSSR count). The molecule has 0 saturated carbocycles.